The van der Waals surface area contributed by atoms with E-state index in [4.69, 9.17) is 4.84 Å². The van der Waals surface area contributed by atoms with E-state index < -0.39 is 0 Å². The first-order valence-corrected chi connectivity index (χ1v) is 6.85. The van der Waals surface area contributed by atoms with Crippen LogP contribution < -0.4 is 5.48 Å². The second-order valence-electron chi connectivity index (χ2n) is 4.58. The summed E-state index contributed by atoms with van der Waals surface area (Å²) >= 11 is 0. The molecule has 2 nitrogen and oxygen atoms in total. The van der Waals surface area contributed by atoms with E-state index in [9.17, 15) is 0 Å². The Labute approximate surface area is 115 Å². The van der Waals surface area contributed by atoms with E-state index in [-0.39, 0.29) is 0 Å². The fraction of sp³-hybridized carbons (Fsp3) is 0.294. The molecule has 19 heavy (non-hydrogen) atoms. The van der Waals surface area contributed by atoms with Crippen molar-refractivity contribution in [2.45, 2.75) is 19.8 Å². The van der Waals surface area contributed by atoms with Crippen LogP contribution in [-0.2, 0) is 17.7 Å². The molecule has 0 heterocycles. The lowest BCUT2D eigenvalue weighted by Crippen LogP contribution is -2.15. The van der Waals surface area contributed by atoms with Gasteiger partial charge < -0.3 is 4.84 Å². The topological polar surface area (TPSA) is 21.3 Å². The molecule has 0 atom stereocenters. The third-order valence-electron chi connectivity index (χ3n) is 3.01. The summed E-state index contributed by atoms with van der Waals surface area (Å²) in [5.41, 5.74) is 6.88. The third-order valence-corrected chi connectivity index (χ3v) is 3.01. The summed E-state index contributed by atoms with van der Waals surface area (Å²) in [6, 6.07) is 19.3. The molecule has 0 unspecified atom stereocenters. The van der Waals surface area contributed by atoms with Crippen LogP contribution in [0.15, 0.2) is 54.6 Å². The van der Waals surface area contributed by atoms with Gasteiger partial charge in [-0.05, 0) is 29.5 Å². The van der Waals surface area contributed by atoms with Crippen molar-refractivity contribution in [3.63, 3.8) is 0 Å². The maximum Gasteiger partial charge on any atom is 0.0722 e. The second kappa shape index (κ2) is 7.72. The van der Waals surface area contributed by atoms with Crippen LogP contribution in [0, 0.1) is 0 Å². The third kappa shape index (κ3) is 4.86. The number of rotatable bonds is 7. The SMILES string of the molecule is CCNOCCc1ccc(Cc2ccccc2)cc1. The van der Waals surface area contributed by atoms with Gasteiger partial charge >= 0.3 is 0 Å². The first-order valence-electron chi connectivity index (χ1n) is 6.85. The van der Waals surface area contributed by atoms with E-state index in [1.807, 2.05) is 6.92 Å². The molecule has 2 aromatic carbocycles. The van der Waals surface area contributed by atoms with Gasteiger partial charge in [-0.15, -0.1) is 0 Å². The molecular formula is C17H21NO. The predicted octanol–water partition coefficient (Wildman–Crippen LogP) is 3.36. The summed E-state index contributed by atoms with van der Waals surface area (Å²) in [5, 5.41) is 0. The van der Waals surface area contributed by atoms with Gasteiger partial charge in [-0.25, -0.2) is 5.48 Å². The fourth-order valence-corrected chi connectivity index (χ4v) is 2.00. The van der Waals surface area contributed by atoms with E-state index in [0.717, 1.165) is 19.4 Å². The number of hydrogen-bond donors (Lipinski definition) is 1. The molecule has 2 aromatic rings. The highest BCUT2D eigenvalue weighted by Crippen LogP contribution is 2.11. The molecule has 0 spiro atoms. The first kappa shape index (κ1) is 13.8. The van der Waals surface area contributed by atoms with Crippen molar-refractivity contribution in [1.29, 1.82) is 0 Å². The largest absolute Gasteiger partial charge is 0.301 e. The molecule has 0 radical (unpaired) electrons. The molecule has 0 aliphatic rings. The van der Waals surface area contributed by atoms with Crippen LogP contribution >= 0.6 is 0 Å². The van der Waals surface area contributed by atoms with Crippen molar-refractivity contribution in [2.24, 2.45) is 0 Å². The first-order chi connectivity index (χ1) is 9.38. The average Bonchev–Trinajstić information content (AvgIpc) is 2.46. The molecule has 0 aliphatic heterocycles. The van der Waals surface area contributed by atoms with Gasteiger partial charge in [-0.1, -0.05) is 61.5 Å². The Morgan fingerprint density at radius 1 is 0.842 bits per heavy atom. The Morgan fingerprint density at radius 3 is 2.16 bits per heavy atom. The minimum atomic E-state index is 0.714. The molecule has 0 aliphatic carbocycles. The van der Waals surface area contributed by atoms with Crippen molar-refractivity contribution in [3.8, 4) is 0 Å². The van der Waals surface area contributed by atoms with Crippen molar-refractivity contribution in [1.82, 2.24) is 5.48 Å². The van der Waals surface area contributed by atoms with E-state index in [1.165, 1.54) is 16.7 Å². The Morgan fingerprint density at radius 2 is 1.47 bits per heavy atom. The highest BCUT2D eigenvalue weighted by molar-refractivity contribution is 5.28. The molecule has 2 rings (SSSR count). The van der Waals surface area contributed by atoms with Crippen molar-refractivity contribution in [2.75, 3.05) is 13.2 Å². The summed E-state index contributed by atoms with van der Waals surface area (Å²) in [4.78, 5) is 5.26. The lowest BCUT2D eigenvalue weighted by Gasteiger charge is -2.05. The Hall–Kier alpha value is -1.64. The zero-order chi connectivity index (χ0) is 13.3. The van der Waals surface area contributed by atoms with E-state index in [2.05, 4.69) is 60.1 Å². The zero-order valence-corrected chi connectivity index (χ0v) is 11.4. The Balaban J connectivity index is 1.84. The van der Waals surface area contributed by atoms with Gasteiger partial charge in [0.2, 0.25) is 0 Å². The minimum absolute atomic E-state index is 0.714. The summed E-state index contributed by atoms with van der Waals surface area (Å²) in [7, 11) is 0. The maximum absolute atomic E-state index is 5.26. The summed E-state index contributed by atoms with van der Waals surface area (Å²) in [5.74, 6) is 0. The molecule has 0 bridgehead atoms. The van der Waals surface area contributed by atoms with Gasteiger partial charge in [0, 0.05) is 6.54 Å². The summed E-state index contributed by atoms with van der Waals surface area (Å²) in [6.07, 6.45) is 1.94. The Bertz CT molecular complexity index is 464. The maximum atomic E-state index is 5.26. The van der Waals surface area contributed by atoms with Crippen LogP contribution in [0.25, 0.3) is 0 Å². The molecular weight excluding hydrogens is 234 g/mol. The monoisotopic (exact) mass is 255 g/mol. The average molecular weight is 255 g/mol. The smallest absolute Gasteiger partial charge is 0.0722 e. The van der Waals surface area contributed by atoms with Gasteiger partial charge in [0.15, 0.2) is 0 Å². The van der Waals surface area contributed by atoms with Crippen molar-refractivity contribution in [3.05, 3.63) is 71.3 Å². The van der Waals surface area contributed by atoms with Gasteiger partial charge in [0.05, 0.1) is 6.61 Å². The van der Waals surface area contributed by atoms with E-state index >= 15 is 0 Å². The van der Waals surface area contributed by atoms with Crippen molar-refractivity contribution < 1.29 is 4.84 Å². The molecule has 0 saturated heterocycles. The lowest BCUT2D eigenvalue weighted by atomic mass is 10.0. The van der Waals surface area contributed by atoms with Crippen LogP contribution in [-0.4, -0.2) is 13.2 Å². The van der Waals surface area contributed by atoms with E-state index in [0.29, 0.717) is 6.61 Å². The number of benzene rings is 2. The lowest BCUT2D eigenvalue weighted by molar-refractivity contribution is 0.0468. The second-order valence-corrected chi connectivity index (χ2v) is 4.58. The molecule has 2 heteroatoms. The number of nitrogens with one attached hydrogen (secondary N) is 1. The molecule has 0 aromatic heterocycles. The standard InChI is InChI=1S/C17H21NO/c1-2-18-19-13-12-15-8-10-17(11-9-15)14-16-6-4-3-5-7-16/h3-11,18H,2,12-14H2,1H3. The molecule has 0 amide bonds. The van der Waals surface area contributed by atoms with Gasteiger partial charge in [0.1, 0.15) is 0 Å². The van der Waals surface area contributed by atoms with Crippen LogP contribution in [0.5, 0.6) is 0 Å². The summed E-state index contributed by atoms with van der Waals surface area (Å²) in [6.45, 7) is 3.58. The molecule has 1 N–H and O–H groups in total. The highest BCUT2D eigenvalue weighted by Gasteiger charge is 1.97. The predicted molar refractivity (Wildman–Crippen MR) is 79.0 cm³/mol. The highest BCUT2D eigenvalue weighted by atomic mass is 16.6. The van der Waals surface area contributed by atoms with Gasteiger partial charge in [-0.3, -0.25) is 0 Å². The molecule has 0 saturated carbocycles. The van der Waals surface area contributed by atoms with Crippen LogP contribution in [0.2, 0.25) is 0 Å². The molecule has 0 fully saturated rings. The van der Waals surface area contributed by atoms with Crippen LogP contribution in [0.1, 0.15) is 23.6 Å². The molecule has 100 valence electrons. The number of hydroxylamine groups is 1. The fourth-order valence-electron chi connectivity index (χ4n) is 2.00. The number of hydrogen-bond acceptors (Lipinski definition) is 2. The van der Waals surface area contributed by atoms with Gasteiger partial charge in [0.25, 0.3) is 0 Å². The van der Waals surface area contributed by atoms with Gasteiger partial charge in [-0.2, -0.15) is 0 Å². The minimum Gasteiger partial charge on any atom is -0.301 e. The van der Waals surface area contributed by atoms with Crippen molar-refractivity contribution >= 4 is 0 Å². The zero-order valence-electron chi connectivity index (χ0n) is 11.4. The van der Waals surface area contributed by atoms with Crippen LogP contribution in [0.3, 0.4) is 0 Å². The van der Waals surface area contributed by atoms with Crippen LogP contribution in [0.4, 0.5) is 0 Å². The summed E-state index contributed by atoms with van der Waals surface area (Å²) < 4.78 is 0. The van der Waals surface area contributed by atoms with E-state index in [1.54, 1.807) is 0 Å². The Kier molecular flexibility index (Phi) is 5.60. The normalized spacial score (nSPS) is 10.6. The quantitative estimate of drug-likeness (QED) is 0.605.